The molecule has 128 valence electrons. The van der Waals surface area contributed by atoms with Crippen molar-refractivity contribution in [1.29, 1.82) is 0 Å². The van der Waals surface area contributed by atoms with Gasteiger partial charge in [-0.15, -0.1) is 0 Å². The van der Waals surface area contributed by atoms with Gasteiger partial charge in [-0.25, -0.2) is 0 Å². The van der Waals surface area contributed by atoms with Crippen LogP contribution in [0.2, 0.25) is 23.7 Å². The third-order valence-electron chi connectivity index (χ3n) is 7.29. The lowest BCUT2D eigenvalue weighted by Gasteiger charge is -2.47. The molecular weight excluding hydrogens is 286 g/mol. The van der Waals surface area contributed by atoms with Crippen LogP contribution in [0.15, 0.2) is 0 Å². The van der Waals surface area contributed by atoms with Gasteiger partial charge in [-0.3, -0.25) is 0 Å². The van der Waals surface area contributed by atoms with Gasteiger partial charge in [0, 0.05) is 6.04 Å². The summed E-state index contributed by atoms with van der Waals surface area (Å²) >= 11 is 0. The van der Waals surface area contributed by atoms with E-state index >= 15 is 0 Å². The summed E-state index contributed by atoms with van der Waals surface area (Å²) in [7, 11) is -1.37. The van der Waals surface area contributed by atoms with Crippen molar-refractivity contribution in [2.45, 2.75) is 113 Å². The van der Waals surface area contributed by atoms with Crippen LogP contribution in [0.25, 0.3) is 0 Å². The third-order valence-corrected chi connectivity index (χ3v) is 13.5. The van der Waals surface area contributed by atoms with Gasteiger partial charge in [0.05, 0.1) is 14.2 Å². The first kappa shape index (κ1) is 17.0. The van der Waals surface area contributed by atoms with Crippen molar-refractivity contribution in [3.63, 3.8) is 0 Å². The van der Waals surface area contributed by atoms with Crippen LogP contribution in [-0.4, -0.2) is 31.9 Å². The molecule has 22 heavy (non-hydrogen) atoms. The molecule has 2 atom stereocenters. The molecule has 0 spiro atoms. The van der Waals surface area contributed by atoms with Crippen molar-refractivity contribution in [3.05, 3.63) is 0 Å². The minimum Gasteiger partial charge on any atom is -0.392 e. The first-order chi connectivity index (χ1) is 10.7. The summed E-state index contributed by atoms with van der Waals surface area (Å²) in [5.74, 6) is 0. The zero-order valence-corrected chi connectivity index (χ0v) is 15.7. The van der Waals surface area contributed by atoms with Crippen molar-refractivity contribution < 1.29 is 5.11 Å². The first-order valence-electron chi connectivity index (χ1n) is 10.1. The second kappa shape index (κ2) is 7.81. The molecule has 0 radical (unpaired) electrons. The topological polar surface area (TPSA) is 32.3 Å². The molecule has 0 aromatic heterocycles. The predicted molar refractivity (Wildman–Crippen MR) is 97.1 cm³/mol. The molecule has 1 heterocycles. The van der Waals surface area contributed by atoms with Crippen LogP contribution in [0.5, 0.6) is 0 Å². The molecule has 0 aromatic carbocycles. The molecule has 0 unspecified atom stereocenters. The minimum absolute atomic E-state index is 0.0666. The standard InChI is InChI=1S/C19H37NOSi/c1-22(16-9-4-2-5-10-16,17-11-6-3-7-12-17)15-19(21)18-13-8-14-20-18/h16-21H,2-15H2,1H3/t18-,19+/m0/s1. The second-order valence-electron chi connectivity index (χ2n) is 8.65. The van der Waals surface area contributed by atoms with E-state index in [2.05, 4.69) is 11.9 Å². The highest BCUT2D eigenvalue weighted by Gasteiger charge is 2.45. The smallest absolute Gasteiger partial charge is 0.0670 e. The second-order valence-corrected chi connectivity index (χ2v) is 13.7. The van der Waals surface area contributed by atoms with E-state index in [1.165, 1.54) is 83.1 Å². The van der Waals surface area contributed by atoms with E-state index in [1.54, 1.807) is 0 Å². The van der Waals surface area contributed by atoms with Crippen LogP contribution in [0, 0.1) is 0 Å². The van der Waals surface area contributed by atoms with Gasteiger partial charge in [0.15, 0.2) is 0 Å². The number of aliphatic hydroxyl groups excluding tert-OH is 1. The summed E-state index contributed by atoms with van der Waals surface area (Å²) < 4.78 is 0. The maximum atomic E-state index is 10.9. The van der Waals surface area contributed by atoms with E-state index in [0.29, 0.717) is 6.04 Å². The lowest BCUT2D eigenvalue weighted by Crippen LogP contribution is -2.49. The van der Waals surface area contributed by atoms with Gasteiger partial charge in [-0.2, -0.15) is 0 Å². The number of hydrogen-bond acceptors (Lipinski definition) is 2. The molecule has 3 rings (SSSR count). The van der Waals surface area contributed by atoms with E-state index in [9.17, 15) is 5.11 Å². The molecule has 3 aliphatic rings. The van der Waals surface area contributed by atoms with Crippen LogP contribution in [0.3, 0.4) is 0 Å². The molecule has 2 nitrogen and oxygen atoms in total. The molecule has 2 aliphatic carbocycles. The Morgan fingerprint density at radius 3 is 1.86 bits per heavy atom. The zero-order valence-electron chi connectivity index (χ0n) is 14.7. The lowest BCUT2D eigenvalue weighted by molar-refractivity contribution is 0.151. The van der Waals surface area contributed by atoms with Gasteiger partial charge >= 0.3 is 0 Å². The van der Waals surface area contributed by atoms with Crippen molar-refractivity contribution in [2.24, 2.45) is 0 Å². The normalized spacial score (nSPS) is 30.5. The van der Waals surface area contributed by atoms with Gasteiger partial charge in [0.1, 0.15) is 0 Å². The highest BCUT2D eigenvalue weighted by atomic mass is 28.3. The molecule has 2 saturated carbocycles. The fraction of sp³-hybridized carbons (Fsp3) is 1.00. The van der Waals surface area contributed by atoms with Crippen LogP contribution in [0.4, 0.5) is 0 Å². The lowest BCUT2D eigenvalue weighted by atomic mass is 9.99. The largest absolute Gasteiger partial charge is 0.392 e. The zero-order chi connectivity index (χ0) is 15.4. The summed E-state index contributed by atoms with van der Waals surface area (Å²) in [5.41, 5.74) is 2.00. The molecule has 0 aromatic rings. The monoisotopic (exact) mass is 323 g/mol. The Morgan fingerprint density at radius 1 is 0.864 bits per heavy atom. The van der Waals surface area contributed by atoms with Crippen molar-refractivity contribution in [3.8, 4) is 0 Å². The fourth-order valence-electron chi connectivity index (χ4n) is 5.82. The summed E-state index contributed by atoms with van der Waals surface area (Å²) in [6.45, 7) is 3.81. The van der Waals surface area contributed by atoms with E-state index in [0.717, 1.165) is 17.6 Å². The van der Waals surface area contributed by atoms with Crippen LogP contribution in [0.1, 0.15) is 77.0 Å². The number of nitrogens with one attached hydrogen (secondary N) is 1. The van der Waals surface area contributed by atoms with Gasteiger partial charge in [0.2, 0.25) is 0 Å². The molecule has 3 fully saturated rings. The summed E-state index contributed by atoms with van der Waals surface area (Å²) in [6, 6.07) is 1.58. The predicted octanol–water partition coefficient (Wildman–Crippen LogP) is 4.85. The molecule has 0 bridgehead atoms. The highest BCUT2D eigenvalue weighted by molar-refractivity contribution is 6.81. The average molecular weight is 324 g/mol. The van der Waals surface area contributed by atoms with Crippen LogP contribution < -0.4 is 5.32 Å². The molecule has 3 heteroatoms. The van der Waals surface area contributed by atoms with Gasteiger partial charge in [-0.05, 0) is 36.5 Å². The maximum absolute atomic E-state index is 10.9. The fourth-order valence-corrected chi connectivity index (χ4v) is 11.8. The highest BCUT2D eigenvalue weighted by Crippen LogP contribution is 2.50. The van der Waals surface area contributed by atoms with Crippen molar-refractivity contribution in [2.75, 3.05) is 6.54 Å². The van der Waals surface area contributed by atoms with Crippen molar-refractivity contribution in [1.82, 2.24) is 5.32 Å². The molecule has 0 amide bonds. The van der Waals surface area contributed by atoms with E-state index in [-0.39, 0.29) is 6.10 Å². The Hall–Kier alpha value is 0.137. The molecule has 2 N–H and O–H groups in total. The molecular formula is C19H37NOSi. The van der Waals surface area contributed by atoms with Crippen LogP contribution >= 0.6 is 0 Å². The SMILES string of the molecule is C[Si](C[C@@H](O)[C@@H]1CCCN1)(C1CCCCC1)C1CCCCC1. The first-order valence-corrected chi connectivity index (χ1v) is 13.0. The average Bonchev–Trinajstić information content (AvgIpc) is 3.11. The Bertz CT molecular complexity index is 312. The number of rotatable bonds is 5. The van der Waals surface area contributed by atoms with E-state index in [1.807, 2.05) is 0 Å². The summed E-state index contributed by atoms with van der Waals surface area (Å²) in [6.07, 6.45) is 17.0. The quantitative estimate of drug-likeness (QED) is 0.709. The van der Waals surface area contributed by atoms with Gasteiger partial charge in [-0.1, -0.05) is 70.8 Å². The van der Waals surface area contributed by atoms with Gasteiger partial charge in [0.25, 0.3) is 0 Å². The molecule has 1 saturated heterocycles. The maximum Gasteiger partial charge on any atom is 0.0670 e. The minimum atomic E-state index is -1.37. The van der Waals surface area contributed by atoms with E-state index in [4.69, 9.17) is 0 Å². The number of aliphatic hydroxyl groups is 1. The number of hydrogen-bond donors (Lipinski definition) is 2. The Kier molecular flexibility index (Phi) is 6.02. The molecule has 1 aliphatic heterocycles. The van der Waals surface area contributed by atoms with E-state index < -0.39 is 8.07 Å². The Balaban J connectivity index is 1.71. The van der Waals surface area contributed by atoms with Gasteiger partial charge < -0.3 is 10.4 Å². The Morgan fingerprint density at radius 2 is 1.41 bits per heavy atom. The van der Waals surface area contributed by atoms with Crippen molar-refractivity contribution >= 4 is 8.07 Å². The van der Waals surface area contributed by atoms with Crippen LogP contribution in [-0.2, 0) is 0 Å². The Labute approximate surface area is 138 Å². The third kappa shape index (κ3) is 3.79. The summed E-state index contributed by atoms with van der Waals surface area (Å²) in [5, 5.41) is 14.5. The summed E-state index contributed by atoms with van der Waals surface area (Å²) in [4.78, 5) is 0.